The Morgan fingerprint density at radius 1 is 1.36 bits per heavy atom. The Balaban J connectivity index is 1.86. The minimum Gasteiger partial charge on any atom is -0.347 e. The summed E-state index contributed by atoms with van der Waals surface area (Å²) in [6.45, 7) is 4.85. The van der Waals surface area contributed by atoms with Crippen LogP contribution in [-0.4, -0.2) is 50.4 Å². The molecule has 1 aliphatic rings. The molecule has 1 atom stereocenters. The van der Waals surface area contributed by atoms with Gasteiger partial charge >= 0.3 is 0 Å². The van der Waals surface area contributed by atoms with E-state index < -0.39 is 0 Å². The Hall–Kier alpha value is -1.79. The van der Waals surface area contributed by atoms with Gasteiger partial charge in [0.15, 0.2) is 0 Å². The molecule has 22 heavy (non-hydrogen) atoms. The predicted octanol–water partition coefficient (Wildman–Crippen LogP) is 1.91. The number of rotatable bonds is 5. The van der Waals surface area contributed by atoms with Gasteiger partial charge < -0.3 is 9.88 Å². The van der Waals surface area contributed by atoms with Gasteiger partial charge in [-0.25, -0.2) is 15.0 Å². The zero-order valence-corrected chi connectivity index (χ0v) is 13.6. The summed E-state index contributed by atoms with van der Waals surface area (Å²) in [5.41, 5.74) is 3.59. The van der Waals surface area contributed by atoms with Crippen molar-refractivity contribution in [3.05, 3.63) is 41.5 Å². The van der Waals surface area contributed by atoms with Crippen molar-refractivity contribution in [2.45, 2.75) is 38.9 Å². The van der Waals surface area contributed by atoms with Gasteiger partial charge in [0.05, 0.1) is 18.1 Å². The molecule has 3 heterocycles. The fourth-order valence-corrected chi connectivity index (χ4v) is 3.18. The van der Waals surface area contributed by atoms with Crippen LogP contribution < -0.4 is 0 Å². The summed E-state index contributed by atoms with van der Waals surface area (Å²) in [6, 6.07) is 0.375. The fourth-order valence-electron chi connectivity index (χ4n) is 3.18. The molecule has 0 aliphatic carbocycles. The number of imidazole rings is 1. The van der Waals surface area contributed by atoms with E-state index in [4.69, 9.17) is 4.98 Å². The Morgan fingerprint density at radius 2 is 2.23 bits per heavy atom. The predicted molar refractivity (Wildman–Crippen MR) is 85.1 cm³/mol. The molecule has 1 aliphatic heterocycles. The third-order valence-corrected chi connectivity index (χ3v) is 4.11. The standard InChI is InChI=1S/C16H24N6/c1-12-18-7-13(9-21(2)3)16(20-12)15-5-4-6-22(15)10-14-8-17-11-19-14/h7-8,11,15H,4-6,9-10H2,1-3H3,(H,17,19). The second-order valence-corrected chi connectivity index (χ2v) is 6.27. The SMILES string of the molecule is Cc1ncc(CN(C)C)c(C2CCCN2Cc2cnc[nH]2)n1. The van der Waals surface area contributed by atoms with Crippen molar-refractivity contribution in [3.8, 4) is 0 Å². The van der Waals surface area contributed by atoms with Crippen molar-refractivity contribution < 1.29 is 0 Å². The molecule has 0 bridgehead atoms. The van der Waals surface area contributed by atoms with Crippen molar-refractivity contribution in [1.29, 1.82) is 0 Å². The Labute approximate surface area is 131 Å². The highest BCUT2D eigenvalue weighted by Gasteiger charge is 2.29. The lowest BCUT2D eigenvalue weighted by Crippen LogP contribution is -2.26. The molecule has 0 amide bonds. The quantitative estimate of drug-likeness (QED) is 0.914. The van der Waals surface area contributed by atoms with Crippen molar-refractivity contribution in [3.63, 3.8) is 0 Å². The fraction of sp³-hybridized carbons (Fsp3) is 0.562. The number of aryl methyl sites for hydroxylation is 1. The first-order chi connectivity index (χ1) is 10.6. The zero-order valence-electron chi connectivity index (χ0n) is 13.6. The lowest BCUT2D eigenvalue weighted by atomic mass is 10.1. The van der Waals surface area contributed by atoms with E-state index in [0.29, 0.717) is 6.04 Å². The van der Waals surface area contributed by atoms with E-state index in [1.54, 1.807) is 6.33 Å². The maximum Gasteiger partial charge on any atom is 0.125 e. The molecular weight excluding hydrogens is 276 g/mol. The lowest BCUT2D eigenvalue weighted by Gasteiger charge is -2.26. The highest BCUT2D eigenvalue weighted by atomic mass is 15.2. The number of aromatic nitrogens is 4. The molecule has 6 nitrogen and oxygen atoms in total. The van der Waals surface area contributed by atoms with Gasteiger partial charge in [-0.1, -0.05) is 0 Å². The molecule has 0 spiro atoms. The van der Waals surface area contributed by atoms with Crippen LogP contribution in [0.15, 0.2) is 18.7 Å². The van der Waals surface area contributed by atoms with Gasteiger partial charge in [0.1, 0.15) is 5.82 Å². The first-order valence-electron chi connectivity index (χ1n) is 7.82. The summed E-state index contributed by atoms with van der Waals surface area (Å²) in [5.74, 6) is 0.853. The second-order valence-electron chi connectivity index (χ2n) is 6.27. The number of likely N-dealkylation sites (tertiary alicyclic amines) is 1. The molecule has 1 fully saturated rings. The molecule has 0 radical (unpaired) electrons. The third-order valence-electron chi connectivity index (χ3n) is 4.11. The van der Waals surface area contributed by atoms with Gasteiger partial charge in [-0.05, 0) is 40.4 Å². The third kappa shape index (κ3) is 3.34. The first-order valence-corrected chi connectivity index (χ1v) is 7.82. The molecule has 118 valence electrons. The maximum absolute atomic E-state index is 4.78. The smallest absolute Gasteiger partial charge is 0.125 e. The van der Waals surface area contributed by atoms with Gasteiger partial charge in [0.2, 0.25) is 0 Å². The molecular formula is C16H24N6. The summed E-state index contributed by atoms with van der Waals surface area (Å²) >= 11 is 0. The maximum atomic E-state index is 4.78. The van der Waals surface area contributed by atoms with Crippen LogP contribution in [0.5, 0.6) is 0 Å². The average molecular weight is 300 g/mol. The van der Waals surface area contributed by atoms with Gasteiger partial charge in [-0.2, -0.15) is 0 Å². The van der Waals surface area contributed by atoms with E-state index in [0.717, 1.165) is 37.6 Å². The average Bonchev–Trinajstić information content (AvgIpc) is 3.12. The van der Waals surface area contributed by atoms with Gasteiger partial charge in [-0.3, -0.25) is 4.90 Å². The Bertz CT molecular complexity index is 607. The molecule has 1 saturated heterocycles. The summed E-state index contributed by atoms with van der Waals surface area (Å²) in [4.78, 5) is 21.2. The minimum atomic E-state index is 0.375. The van der Waals surface area contributed by atoms with E-state index in [9.17, 15) is 0 Å². The van der Waals surface area contributed by atoms with Crippen LogP contribution in [0.4, 0.5) is 0 Å². The van der Waals surface area contributed by atoms with Crippen molar-refractivity contribution in [2.24, 2.45) is 0 Å². The van der Waals surface area contributed by atoms with Crippen molar-refractivity contribution in [2.75, 3.05) is 20.6 Å². The lowest BCUT2D eigenvalue weighted by molar-refractivity contribution is 0.238. The van der Waals surface area contributed by atoms with Gasteiger partial charge in [0.25, 0.3) is 0 Å². The Kier molecular flexibility index (Phi) is 4.49. The van der Waals surface area contributed by atoms with Crippen molar-refractivity contribution in [1.82, 2.24) is 29.7 Å². The van der Waals surface area contributed by atoms with E-state index in [2.05, 4.69) is 38.8 Å². The van der Waals surface area contributed by atoms with Crippen molar-refractivity contribution >= 4 is 0 Å². The monoisotopic (exact) mass is 300 g/mol. The highest BCUT2D eigenvalue weighted by molar-refractivity contribution is 5.22. The van der Waals surface area contributed by atoms with Crippen LogP contribution in [0.1, 0.15) is 41.7 Å². The van der Waals surface area contributed by atoms with Crippen LogP contribution in [0.2, 0.25) is 0 Å². The number of aromatic amines is 1. The molecule has 2 aromatic rings. The van der Waals surface area contributed by atoms with E-state index >= 15 is 0 Å². The van der Waals surface area contributed by atoms with Crippen LogP contribution in [0.3, 0.4) is 0 Å². The molecule has 1 unspecified atom stereocenters. The summed E-state index contributed by atoms with van der Waals surface area (Å²) in [5, 5.41) is 0. The number of H-pyrrole nitrogens is 1. The molecule has 3 rings (SSSR count). The highest BCUT2D eigenvalue weighted by Crippen LogP contribution is 2.33. The number of hydrogen-bond donors (Lipinski definition) is 1. The van der Waals surface area contributed by atoms with Crippen LogP contribution in [0, 0.1) is 6.92 Å². The van der Waals surface area contributed by atoms with Crippen LogP contribution in [0.25, 0.3) is 0 Å². The van der Waals surface area contributed by atoms with E-state index in [1.165, 1.54) is 17.7 Å². The molecule has 0 saturated carbocycles. The normalized spacial score (nSPS) is 19.2. The first kappa shape index (κ1) is 15.1. The second kappa shape index (κ2) is 6.54. The zero-order chi connectivity index (χ0) is 15.5. The largest absolute Gasteiger partial charge is 0.347 e. The van der Waals surface area contributed by atoms with Gasteiger partial charge in [-0.15, -0.1) is 0 Å². The number of hydrogen-bond acceptors (Lipinski definition) is 5. The number of nitrogens with one attached hydrogen (secondary N) is 1. The molecule has 0 aromatic carbocycles. The molecule has 6 heteroatoms. The van der Waals surface area contributed by atoms with E-state index in [-0.39, 0.29) is 0 Å². The summed E-state index contributed by atoms with van der Waals surface area (Å²) in [6.07, 6.45) is 8.01. The Morgan fingerprint density at radius 3 is 2.95 bits per heavy atom. The molecule has 1 N–H and O–H groups in total. The summed E-state index contributed by atoms with van der Waals surface area (Å²) < 4.78 is 0. The van der Waals surface area contributed by atoms with Crippen LogP contribution >= 0.6 is 0 Å². The number of nitrogens with zero attached hydrogens (tertiary/aromatic N) is 5. The van der Waals surface area contributed by atoms with Gasteiger partial charge in [0, 0.05) is 36.7 Å². The van der Waals surface area contributed by atoms with Crippen LogP contribution in [-0.2, 0) is 13.1 Å². The summed E-state index contributed by atoms with van der Waals surface area (Å²) in [7, 11) is 4.17. The van der Waals surface area contributed by atoms with E-state index in [1.807, 2.05) is 19.3 Å². The molecule has 2 aromatic heterocycles. The topological polar surface area (TPSA) is 60.9 Å². The minimum absolute atomic E-state index is 0.375.